The van der Waals surface area contributed by atoms with Gasteiger partial charge < -0.3 is 19.5 Å². The van der Waals surface area contributed by atoms with E-state index < -0.39 is 30.1 Å². The quantitative estimate of drug-likeness (QED) is 0.322. The number of amides is 1. The molecule has 0 spiro atoms. The van der Waals surface area contributed by atoms with Crippen molar-refractivity contribution < 1.29 is 28.2 Å². The van der Waals surface area contributed by atoms with E-state index in [4.69, 9.17) is 14.2 Å². The summed E-state index contributed by atoms with van der Waals surface area (Å²) in [7, 11) is 1.27. The van der Waals surface area contributed by atoms with Crippen molar-refractivity contribution in [3.63, 3.8) is 0 Å². The summed E-state index contributed by atoms with van der Waals surface area (Å²) < 4.78 is 27.1. The van der Waals surface area contributed by atoms with E-state index >= 15 is 0 Å². The average molecular weight is 404 g/mol. The Bertz CT molecular complexity index is 525. The van der Waals surface area contributed by atoms with Crippen LogP contribution in [0.4, 0.5) is 9.18 Å². The number of hydrogen-bond donors (Lipinski definition) is 1. The summed E-state index contributed by atoms with van der Waals surface area (Å²) in [6.07, 6.45) is 5.61. The third-order valence-electron chi connectivity index (χ3n) is 3.54. The minimum atomic E-state index is -1.27. The Morgan fingerprint density at radius 2 is 1.75 bits per heavy atom. The second kappa shape index (κ2) is 14.0. The normalized spacial score (nSPS) is 15.0. The first-order chi connectivity index (χ1) is 13.0. The van der Waals surface area contributed by atoms with Crippen LogP contribution in [0.1, 0.15) is 68.2 Å². The molecule has 0 bridgehead atoms. The Morgan fingerprint density at radius 1 is 1.18 bits per heavy atom. The van der Waals surface area contributed by atoms with E-state index in [2.05, 4.69) is 5.32 Å². The molecule has 0 fully saturated rings. The second-order valence-electron chi connectivity index (χ2n) is 7.24. The van der Waals surface area contributed by atoms with Crippen LogP contribution in [0.3, 0.4) is 0 Å². The highest BCUT2D eigenvalue weighted by atomic mass is 19.1. The highest BCUT2D eigenvalue weighted by Crippen LogP contribution is 2.24. The number of carbonyl (C=O) groups excluding carboxylic acids is 2. The van der Waals surface area contributed by atoms with Gasteiger partial charge in [-0.25, -0.2) is 14.0 Å². The summed E-state index contributed by atoms with van der Waals surface area (Å²) in [5, 5.41) is 2.62. The van der Waals surface area contributed by atoms with Crippen molar-refractivity contribution in [2.75, 3.05) is 14.0 Å². The van der Waals surface area contributed by atoms with Crippen LogP contribution in [0.25, 0.3) is 0 Å². The van der Waals surface area contributed by atoms with Crippen molar-refractivity contribution in [3.05, 3.63) is 24.0 Å². The van der Waals surface area contributed by atoms with Gasteiger partial charge in [0, 0.05) is 0 Å². The first-order valence-corrected chi connectivity index (χ1v) is 9.55. The third kappa shape index (κ3) is 12.4. The summed E-state index contributed by atoms with van der Waals surface area (Å²) in [4.78, 5) is 24.5. The van der Waals surface area contributed by atoms with Crippen LogP contribution in [0.5, 0.6) is 0 Å². The van der Waals surface area contributed by atoms with Crippen molar-refractivity contribution in [2.24, 2.45) is 5.92 Å². The van der Waals surface area contributed by atoms with E-state index in [1.165, 1.54) is 7.11 Å². The van der Waals surface area contributed by atoms with Crippen LogP contribution in [0.15, 0.2) is 24.0 Å². The molecule has 0 aliphatic carbocycles. The fourth-order valence-corrected chi connectivity index (χ4v) is 2.43. The predicted octanol–water partition coefficient (Wildman–Crippen LogP) is 5.29. The van der Waals surface area contributed by atoms with E-state index in [0.29, 0.717) is 12.2 Å². The Hall–Kier alpha value is -2.05. The van der Waals surface area contributed by atoms with Crippen LogP contribution in [0, 0.1) is 5.92 Å². The first-order valence-electron chi connectivity index (χ1n) is 9.55. The Balaban J connectivity index is 0. The van der Waals surface area contributed by atoms with Crippen LogP contribution in [-0.4, -0.2) is 37.2 Å². The lowest BCUT2D eigenvalue weighted by Gasteiger charge is -2.31. The number of halogens is 1. The molecule has 0 aromatic carbocycles. The van der Waals surface area contributed by atoms with Gasteiger partial charge in [-0.2, -0.15) is 0 Å². The van der Waals surface area contributed by atoms with E-state index in [1.807, 2.05) is 32.9 Å². The molecule has 7 heteroatoms. The summed E-state index contributed by atoms with van der Waals surface area (Å²) in [5.74, 6) is -0.211. The molecule has 1 N–H and O–H groups in total. The Labute approximate surface area is 169 Å². The molecule has 0 aliphatic heterocycles. The average Bonchev–Trinajstić information content (AvgIpc) is 2.59. The van der Waals surface area contributed by atoms with E-state index in [0.717, 1.165) is 0 Å². The maximum atomic E-state index is 12.3. The molecule has 6 nitrogen and oxygen atoms in total. The van der Waals surface area contributed by atoms with E-state index in [9.17, 15) is 14.0 Å². The molecular weight excluding hydrogens is 365 g/mol. The summed E-state index contributed by atoms with van der Waals surface area (Å²) in [6.45, 7) is 13.4. The molecule has 0 aromatic rings. The molecule has 0 rings (SSSR count). The molecular formula is C21H38FNO5. The van der Waals surface area contributed by atoms with Gasteiger partial charge in [0.05, 0.1) is 12.9 Å². The van der Waals surface area contributed by atoms with Crippen LogP contribution in [0.2, 0.25) is 0 Å². The van der Waals surface area contributed by atoms with Gasteiger partial charge in [-0.05, 0) is 66.4 Å². The maximum absolute atomic E-state index is 12.3. The van der Waals surface area contributed by atoms with Gasteiger partial charge in [-0.3, -0.25) is 0 Å². The van der Waals surface area contributed by atoms with Gasteiger partial charge in [-0.1, -0.05) is 26.0 Å². The number of methoxy groups -OCH3 is 1. The fraction of sp³-hybridized carbons (Fsp3) is 0.714. The number of alkyl halides is 1. The molecule has 0 radical (unpaired) electrons. The number of nitrogens with one attached hydrogen (secondary N) is 1. The van der Waals surface area contributed by atoms with E-state index in [-0.39, 0.29) is 12.3 Å². The second-order valence-corrected chi connectivity index (χ2v) is 7.24. The highest BCUT2D eigenvalue weighted by molar-refractivity contribution is 5.85. The van der Waals surface area contributed by atoms with Gasteiger partial charge in [0.25, 0.3) is 0 Å². The zero-order chi connectivity index (χ0) is 22.4. The molecule has 0 saturated heterocycles. The molecule has 164 valence electrons. The predicted molar refractivity (Wildman–Crippen MR) is 109 cm³/mol. The van der Waals surface area contributed by atoms with Gasteiger partial charge in [0.1, 0.15) is 11.1 Å². The number of allylic oxidation sites excluding steroid dienone is 4. The molecule has 0 saturated carbocycles. The first kappa shape index (κ1) is 28.2. The van der Waals surface area contributed by atoms with Crippen molar-refractivity contribution in [1.82, 2.24) is 5.32 Å². The lowest BCUT2D eigenvalue weighted by atomic mass is 9.86. The summed E-state index contributed by atoms with van der Waals surface area (Å²) in [5.41, 5.74) is -1.96. The van der Waals surface area contributed by atoms with Crippen LogP contribution < -0.4 is 5.32 Å². The smallest absolute Gasteiger partial charge is 0.408 e. The minimum Gasteiger partial charge on any atom is -0.468 e. The van der Waals surface area contributed by atoms with Gasteiger partial charge >= 0.3 is 12.1 Å². The Kier molecular flexibility index (Phi) is 14.1. The summed E-state index contributed by atoms with van der Waals surface area (Å²) in [6, 6.07) is 0. The SMILES string of the molecule is C/C=C\C(C/C=C(\C)OCF)C[C@@](C)(NC(=O)OC(C)(C)C)C(=O)OC.CC. The lowest BCUT2D eigenvalue weighted by Crippen LogP contribution is -2.54. The van der Waals surface area contributed by atoms with Crippen LogP contribution >= 0.6 is 0 Å². The number of rotatable bonds is 9. The number of hydrogen-bond acceptors (Lipinski definition) is 5. The van der Waals surface area contributed by atoms with Crippen molar-refractivity contribution in [3.8, 4) is 0 Å². The lowest BCUT2D eigenvalue weighted by molar-refractivity contribution is -0.148. The topological polar surface area (TPSA) is 73.9 Å². The number of esters is 1. The summed E-state index contributed by atoms with van der Waals surface area (Å²) >= 11 is 0. The van der Waals surface area contributed by atoms with Gasteiger partial charge in [-0.15, -0.1) is 0 Å². The van der Waals surface area contributed by atoms with Crippen molar-refractivity contribution >= 4 is 12.1 Å². The van der Waals surface area contributed by atoms with Crippen LogP contribution in [-0.2, 0) is 19.0 Å². The molecule has 0 aromatic heterocycles. The zero-order valence-electron chi connectivity index (χ0n) is 18.8. The molecule has 1 unspecified atom stereocenters. The number of alkyl carbamates (subject to hydrolysis) is 1. The highest BCUT2D eigenvalue weighted by Gasteiger charge is 2.39. The minimum absolute atomic E-state index is 0.0998. The zero-order valence-corrected chi connectivity index (χ0v) is 18.8. The molecule has 2 atom stereocenters. The number of carbonyl (C=O) groups is 2. The molecule has 0 heterocycles. The van der Waals surface area contributed by atoms with Gasteiger partial charge in [0.15, 0.2) is 0 Å². The van der Waals surface area contributed by atoms with Crippen molar-refractivity contribution in [1.29, 1.82) is 0 Å². The monoisotopic (exact) mass is 403 g/mol. The maximum Gasteiger partial charge on any atom is 0.408 e. The molecule has 0 aliphatic rings. The fourth-order valence-electron chi connectivity index (χ4n) is 2.43. The standard InChI is InChI=1S/C19H32FNO5.C2H6/c1-8-9-15(11-10-14(2)25-13-20)12-19(6,16(22)24-7)21-17(23)26-18(3,4)5;1-2/h8-10,15H,11-13H2,1-7H3,(H,21,23);1-2H3/b9-8-,14-10+;/t15?,19-;/m1./s1. The van der Waals surface area contributed by atoms with Gasteiger partial charge in [0.2, 0.25) is 6.86 Å². The molecule has 28 heavy (non-hydrogen) atoms. The molecule has 1 amide bonds. The van der Waals surface area contributed by atoms with E-state index in [1.54, 1.807) is 40.7 Å². The van der Waals surface area contributed by atoms with Crippen molar-refractivity contribution in [2.45, 2.75) is 79.4 Å². The largest absolute Gasteiger partial charge is 0.468 e. The Morgan fingerprint density at radius 3 is 2.18 bits per heavy atom. The third-order valence-corrected chi connectivity index (χ3v) is 3.54. The number of ether oxygens (including phenoxy) is 3.